The highest BCUT2D eigenvalue weighted by Crippen LogP contribution is 2.15. The van der Waals surface area contributed by atoms with Crippen LogP contribution in [0.5, 0.6) is 0 Å². The minimum Gasteiger partial charge on any atom is -0.370 e. The summed E-state index contributed by atoms with van der Waals surface area (Å²) in [6, 6.07) is 18.8. The number of nitrogens with zero attached hydrogens (tertiary/aromatic N) is 2. The number of hydrogen-bond donors (Lipinski definition) is 2. The van der Waals surface area contributed by atoms with Crippen LogP contribution >= 0.6 is 11.6 Å². The lowest BCUT2D eigenvalue weighted by atomic mass is 10.1. The molecule has 3 rings (SSSR count). The van der Waals surface area contributed by atoms with Gasteiger partial charge in [-0.2, -0.15) is 0 Å². The van der Waals surface area contributed by atoms with Gasteiger partial charge in [-0.3, -0.25) is 4.79 Å². The molecule has 0 radical (unpaired) electrons. The minimum atomic E-state index is -0.288. The van der Waals surface area contributed by atoms with Gasteiger partial charge in [0.15, 0.2) is 0 Å². The fourth-order valence-electron chi connectivity index (χ4n) is 2.48. The Balaban J connectivity index is 1.64. The van der Waals surface area contributed by atoms with Gasteiger partial charge < -0.3 is 10.6 Å². The van der Waals surface area contributed by atoms with Crippen LogP contribution in [0.15, 0.2) is 60.7 Å². The molecular formula is C20H19ClN4O. The van der Waals surface area contributed by atoms with Crippen LogP contribution < -0.4 is 10.6 Å². The van der Waals surface area contributed by atoms with Gasteiger partial charge in [-0.1, -0.05) is 41.9 Å². The molecule has 132 valence electrons. The van der Waals surface area contributed by atoms with Crippen molar-refractivity contribution in [1.82, 2.24) is 9.97 Å². The predicted molar refractivity (Wildman–Crippen MR) is 105 cm³/mol. The van der Waals surface area contributed by atoms with Crippen LogP contribution in [0.3, 0.4) is 0 Å². The maximum absolute atomic E-state index is 12.4. The number of aromatic nitrogens is 2. The first-order valence-electron chi connectivity index (χ1n) is 8.30. The number of benzene rings is 2. The van der Waals surface area contributed by atoms with Gasteiger partial charge in [0.1, 0.15) is 17.3 Å². The Kier molecular flexibility index (Phi) is 5.81. The molecule has 26 heavy (non-hydrogen) atoms. The molecule has 0 aliphatic rings. The number of rotatable bonds is 6. The summed E-state index contributed by atoms with van der Waals surface area (Å²) in [7, 11) is 0. The summed E-state index contributed by atoms with van der Waals surface area (Å²) in [5, 5.41) is 6.67. The third-order valence-corrected chi connectivity index (χ3v) is 3.99. The SMILES string of the molecule is Cc1nc(NCCc2ccccc2)cc(C(=O)Nc2ccc(Cl)cc2)n1. The molecule has 2 N–H and O–H groups in total. The van der Waals surface area contributed by atoms with Gasteiger partial charge in [-0.15, -0.1) is 0 Å². The minimum absolute atomic E-state index is 0.288. The van der Waals surface area contributed by atoms with Crippen molar-refractivity contribution in [3.63, 3.8) is 0 Å². The lowest BCUT2D eigenvalue weighted by molar-refractivity contribution is 0.102. The maximum atomic E-state index is 12.4. The third-order valence-electron chi connectivity index (χ3n) is 3.74. The average Bonchev–Trinajstić information content (AvgIpc) is 2.64. The fourth-order valence-corrected chi connectivity index (χ4v) is 2.61. The van der Waals surface area contributed by atoms with Gasteiger partial charge in [0, 0.05) is 23.3 Å². The number of anilines is 2. The Hall–Kier alpha value is -2.92. The number of aryl methyl sites for hydroxylation is 1. The highest BCUT2D eigenvalue weighted by atomic mass is 35.5. The Bertz CT molecular complexity index is 882. The maximum Gasteiger partial charge on any atom is 0.274 e. The molecule has 0 aliphatic heterocycles. The monoisotopic (exact) mass is 366 g/mol. The molecule has 0 unspecified atom stereocenters. The fraction of sp³-hybridized carbons (Fsp3) is 0.150. The summed E-state index contributed by atoms with van der Waals surface area (Å²) < 4.78 is 0. The molecule has 5 nitrogen and oxygen atoms in total. The zero-order valence-corrected chi connectivity index (χ0v) is 15.1. The highest BCUT2D eigenvalue weighted by molar-refractivity contribution is 6.30. The Morgan fingerprint density at radius 2 is 1.77 bits per heavy atom. The second-order valence-corrected chi connectivity index (χ2v) is 6.25. The Labute approximate surface area is 157 Å². The zero-order chi connectivity index (χ0) is 18.4. The summed E-state index contributed by atoms with van der Waals surface area (Å²) in [5.74, 6) is 0.884. The molecule has 0 fully saturated rings. The average molecular weight is 367 g/mol. The van der Waals surface area contributed by atoms with Crippen molar-refractivity contribution in [2.24, 2.45) is 0 Å². The van der Waals surface area contributed by atoms with Crippen molar-refractivity contribution < 1.29 is 4.79 Å². The largest absolute Gasteiger partial charge is 0.370 e. The van der Waals surface area contributed by atoms with E-state index in [-0.39, 0.29) is 5.91 Å². The van der Waals surface area contributed by atoms with Gasteiger partial charge in [0.25, 0.3) is 5.91 Å². The first kappa shape index (κ1) is 17.9. The van der Waals surface area contributed by atoms with E-state index in [0.717, 1.165) is 13.0 Å². The quantitative estimate of drug-likeness (QED) is 0.680. The van der Waals surface area contributed by atoms with E-state index in [0.29, 0.717) is 28.0 Å². The summed E-state index contributed by atoms with van der Waals surface area (Å²) in [6.07, 6.45) is 0.871. The lowest BCUT2D eigenvalue weighted by Gasteiger charge is -2.09. The van der Waals surface area contributed by atoms with Crippen molar-refractivity contribution in [2.75, 3.05) is 17.2 Å². The molecule has 1 aromatic heterocycles. The Morgan fingerprint density at radius 3 is 2.50 bits per heavy atom. The number of carbonyl (C=O) groups is 1. The van der Waals surface area contributed by atoms with Crippen molar-refractivity contribution in [3.05, 3.63) is 82.8 Å². The van der Waals surface area contributed by atoms with Gasteiger partial charge in [-0.25, -0.2) is 9.97 Å². The molecule has 0 aliphatic carbocycles. The first-order valence-corrected chi connectivity index (χ1v) is 8.68. The number of carbonyl (C=O) groups excluding carboxylic acids is 1. The van der Waals surface area contributed by atoms with Crippen LogP contribution in [0.4, 0.5) is 11.5 Å². The van der Waals surface area contributed by atoms with Gasteiger partial charge in [-0.05, 0) is 43.2 Å². The molecule has 1 amide bonds. The van der Waals surface area contributed by atoms with Crippen LogP contribution in [0.2, 0.25) is 5.02 Å². The Morgan fingerprint density at radius 1 is 1.04 bits per heavy atom. The van der Waals surface area contributed by atoms with Gasteiger partial charge >= 0.3 is 0 Å². The van der Waals surface area contributed by atoms with Crippen LogP contribution in [0.1, 0.15) is 21.9 Å². The molecule has 0 atom stereocenters. The van der Waals surface area contributed by atoms with E-state index in [9.17, 15) is 4.79 Å². The molecule has 0 spiro atoms. The molecule has 0 saturated heterocycles. The van der Waals surface area contributed by atoms with Crippen molar-refractivity contribution >= 4 is 29.0 Å². The van der Waals surface area contributed by atoms with Crippen LogP contribution in [-0.4, -0.2) is 22.4 Å². The van der Waals surface area contributed by atoms with Crippen LogP contribution in [-0.2, 0) is 6.42 Å². The van der Waals surface area contributed by atoms with E-state index in [1.807, 2.05) is 18.2 Å². The van der Waals surface area contributed by atoms with E-state index >= 15 is 0 Å². The first-order chi connectivity index (χ1) is 12.6. The van der Waals surface area contributed by atoms with E-state index in [1.54, 1.807) is 37.3 Å². The smallest absolute Gasteiger partial charge is 0.274 e. The van der Waals surface area contributed by atoms with E-state index in [4.69, 9.17) is 11.6 Å². The molecule has 1 heterocycles. The second-order valence-electron chi connectivity index (χ2n) is 5.81. The number of nitrogens with one attached hydrogen (secondary N) is 2. The van der Waals surface area contributed by atoms with E-state index < -0.39 is 0 Å². The number of amides is 1. The summed E-state index contributed by atoms with van der Waals surface area (Å²) >= 11 is 5.86. The molecular weight excluding hydrogens is 348 g/mol. The molecule has 0 saturated carbocycles. The number of halogens is 1. The van der Waals surface area contributed by atoms with Gasteiger partial charge in [0.05, 0.1) is 0 Å². The van der Waals surface area contributed by atoms with Crippen molar-refractivity contribution in [1.29, 1.82) is 0 Å². The summed E-state index contributed by atoms with van der Waals surface area (Å²) in [6.45, 7) is 2.49. The molecule has 3 aromatic rings. The number of hydrogen-bond acceptors (Lipinski definition) is 4. The van der Waals surface area contributed by atoms with Crippen molar-refractivity contribution in [2.45, 2.75) is 13.3 Å². The second kappa shape index (κ2) is 8.45. The normalized spacial score (nSPS) is 10.4. The predicted octanol–water partition coefficient (Wildman–Crippen LogP) is 4.35. The molecule has 6 heteroatoms. The van der Waals surface area contributed by atoms with E-state index in [1.165, 1.54) is 5.56 Å². The summed E-state index contributed by atoms with van der Waals surface area (Å²) in [4.78, 5) is 21.0. The standard InChI is InChI=1S/C20H19ClN4O/c1-14-23-18(20(26)25-17-9-7-16(21)8-10-17)13-19(24-14)22-12-11-15-5-3-2-4-6-15/h2-10,13H,11-12H2,1H3,(H,25,26)(H,22,23,24). The van der Waals surface area contributed by atoms with Crippen LogP contribution in [0.25, 0.3) is 0 Å². The third kappa shape index (κ3) is 5.04. The zero-order valence-electron chi connectivity index (χ0n) is 14.4. The van der Waals surface area contributed by atoms with Gasteiger partial charge in [0.2, 0.25) is 0 Å². The molecule has 2 aromatic carbocycles. The van der Waals surface area contributed by atoms with Crippen LogP contribution in [0, 0.1) is 6.92 Å². The highest BCUT2D eigenvalue weighted by Gasteiger charge is 2.11. The molecule has 0 bridgehead atoms. The topological polar surface area (TPSA) is 66.9 Å². The van der Waals surface area contributed by atoms with Crippen molar-refractivity contribution in [3.8, 4) is 0 Å². The summed E-state index contributed by atoms with van der Waals surface area (Å²) in [5.41, 5.74) is 2.22. The van der Waals surface area contributed by atoms with E-state index in [2.05, 4.69) is 32.7 Å². The lowest BCUT2D eigenvalue weighted by Crippen LogP contribution is -2.16.